The van der Waals surface area contributed by atoms with Gasteiger partial charge in [0.1, 0.15) is 10.7 Å². The van der Waals surface area contributed by atoms with Gasteiger partial charge in [0, 0.05) is 12.6 Å². The van der Waals surface area contributed by atoms with Crippen LogP contribution in [-0.2, 0) is 0 Å². The molecule has 8 nitrogen and oxygen atoms in total. The van der Waals surface area contributed by atoms with Crippen LogP contribution in [0.15, 0.2) is 12.1 Å². The lowest BCUT2D eigenvalue weighted by atomic mass is 10.2. The molecule has 1 N–H and O–H groups in total. The molecule has 0 amide bonds. The second-order valence-corrected chi connectivity index (χ2v) is 4.94. The summed E-state index contributed by atoms with van der Waals surface area (Å²) in [6.07, 6.45) is 0. The zero-order valence-corrected chi connectivity index (χ0v) is 12.0. The lowest BCUT2D eigenvalue weighted by molar-refractivity contribution is -0.393. The van der Waals surface area contributed by atoms with Gasteiger partial charge in [-0.2, -0.15) is 0 Å². The fraction of sp³-hybridized carbons (Fsp3) is 0.455. The van der Waals surface area contributed by atoms with Gasteiger partial charge in [-0.25, -0.2) is 0 Å². The molecule has 1 aromatic rings. The highest BCUT2D eigenvalue weighted by atomic mass is 35.5. The van der Waals surface area contributed by atoms with Crippen LogP contribution in [0.5, 0.6) is 0 Å². The first-order chi connectivity index (χ1) is 9.23. The molecule has 9 heteroatoms. The standard InChI is InChI=1S/C11H15ClN4O4/c1-7(14(2)3)6-13-9-4-8(12)10(15(17)18)5-11(9)16(19)20/h4-5,7,13H,6H2,1-3H3. The lowest BCUT2D eigenvalue weighted by Crippen LogP contribution is -2.31. The van der Waals surface area contributed by atoms with Gasteiger partial charge in [-0.3, -0.25) is 20.2 Å². The van der Waals surface area contributed by atoms with Crippen molar-refractivity contribution in [2.45, 2.75) is 13.0 Å². The highest BCUT2D eigenvalue weighted by molar-refractivity contribution is 6.33. The van der Waals surface area contributed by atoms with Crippen LogP contribution in [0.25, 0.3) is 0 Å². The Balaban J connectivity index is 3.09. The molecule has 0 bridgehead atoms. The number of nitrogens with zero attached hydrogens (tertiary/aromatic N) is 3. The van der Waals surface area contributed by atoms with E-state index in [9.17, 15) is 20.2 Å². The van der Waals surface area contributed by atoms with Crippen LogP contribution < -0.4 is 5.32 Å². The minimum absolute atomic E-state index is 0.128. The highest BCUT2D eigenvalue weighted by Crippen LogP contribution is 2.35. The van der Waals surface area contributed by atoms with Crippen molar-refractivity contribution in [3.05, 3.63) is 37.4 Å². The van der Waals surface area contributed by atoms with Crippen molar-refractivity contribution in [3.8, 4) is 0 Å². The molecule has 1 atom stereocenters. The van der Waals surface area contributed by atoms with E-state index < -0.39 is 15.5 Å². The number of benzene rings is 1. The summed E-state index contributed by atoms with van der Waals surface area (Å²) >= 11 is 5.76. The van der Waals surface area contributed by atoms with E-state index in [0.29, 0.717) is 6.54 Å². The minimum Gasteiger partial charge on any atom is -0.378 e. The van der Waals surface area contributed by atoms with Crippen LogP contribution in [0.4, 0.5) is 17.1 Å². The molecular weight excluding hydrogens is 288 g/mol. The van der Waals surface area contributed by atoms with Gasteiger partial charge in [-0.05, 0) is 27.1 Å². The Hall–Kier alpha value is -1.93. The van der Waals surface area contributed by atoms with Gasteiger partial charge in [0.25, 0.3) is 11.4 Å². The topological polar surface area (TPSA) is 102 Å². The van der Waals surface area contributed by atoms with E-state index >= 15 is 0 Å². The Morgan fingerprint density at radius 1 is 1.25 bits per heavy atom. The number of hydrogen-bond donors (Lipinski definition) is 1. The van der Waals surface area contributed by atoms with Crippen molar-refractivity contribution in [1.82, 2.24) is 4.90 Å². The van der Waals surface area contributed by atoms with Gasteiger partial charge in [0.05, 0.1) is 15.9 Å². The predicted octanol–water partition coefficient (Wildman–Crippen LogP) is 2.52. The van der Waals surface area contributed by atoms with Crippen molar-refractivity contribution in [1.29, 1.82) is 0 Å². The SMILES string of the molecule is CC(CNc1cc(Cl)c([N+](=O)[O-])cc1[N+](=O)[O-])N(C)C. The van der Waals surface area contributed by atoms with Gasteiger partial charge >= 0.3 is 0 Å². The maximum Gasteiger partial charge on any atom is 0.299 e. The number of nitro groups is 2. The van der Waals surface area contributed by atoms with Crippen molar-refractivity contribution < 1.29 is 9.85 Å². The zero-order chi connectivity index (χ0) is 15.4. The monoisotopic (exact) mass is 302 g/mol. The summed E-state index contributed by atoms with van der Waals surface area (Å²) in [6.45, 7) is 2.38. The van der Waals surface area contributed by atoms with Crippen LogP contribution in [0.3, 0.4) is 0 Å². The Morgan fingerprint density at radius 2 is 1.80 bits per heavy atom. The third-order valence-electron chi connectivity index (χ3n) is 2.93. The first-order valence-corrected chi connectivity index (χ1v) is 6.14. The van der Waals surface area contributed by atoms with E-state index in [1.54, 1.807) is 0 Å². The first-order valence-electron chi connectivity index (χ1n) is 5.76. The van der Waals surface area contributed by atoms with Gasteiger partial charge in [0.2, 0.25) is 0 Å². The number of likely N-dealkylation sites (N-methyl/N-ethyl adjacent to an activating group) is 1. The number of anilines is 1. The molecule has 0 spiro atoms. The summed E-state index contributed by atoms with van der Waals surface area (Å²) in [7, 11) is 3.76. The number of nitrogens with one attached hydrogen (secondary N) is 1. The quantitative estimate of drug-likeness (QED) is 0.640. The average Bonchev–Trinajstić information content (AvgIpc) is 2.34. The molecule has 0 aliphatic rings. The predicted molar refractivity (Wildman–Crippen MR) is 76.4 cm³/mol. The summed E-state index contributed by atoms with van der Waals surface area (Å²) < 4.78 is 0. The lowest BCUT2D eigenvalue weighted by Gasteiger charge is -2.20. The largest absolute Gasteiger partial charge is 0.378 e. The molecule has 0 aromatic heterocycles. The van der Waals surface area contributed by atoms with E-state index in [2.05, 4.69) is 5.32 Å². The third kappa shape index (κ3) is 3.78. The normalized spacial score (nSPS) is 12.2. The summed E-state index contributed by atoms with van der Waals surface area (Å²) in [5.74, 6) is 0. The molecule has 0 aliphatic carbocycles. The van der Waals surface area contributed by atoms with Crippen molar-refractivity contribution >= 4 is 28.7 Å². The first kappa shape index (κ1) is 16.1. The summed E-state index contributed by atoms with van der Waals surface area (Å²) in [5.41, 5.74) is -0.684. The van der Waals surface area contributed by atoms with Crippen LogP contribution in [-0.4, -0.2) is 41.4 Å². The van der Waals surface area contributed by atoms with Crippen molar-refractivity contribution in [2.75, 3.05) is 26.0 Å². The Labute approximate surface area is 120 Å². The number of halogens is 1. The highest BCUT2D eigenvalue weighted by Gasteiger charge is 2.23. The fourth-order valence-electron chi connectivity index (χ4n) is 1.42. The summed E-state index contributed by atoms with van der Waals surface area (Å²) in [4.78, 5) is 22.2. The van der Waals surface area contributed by atoms with Crippen molar-refractivity contribution in [2.24, 2.45) is 0 Å². The second-order valence-electron chi connectivity index (χ2n) is 4.53. The fourth-order valence-corrected chi connectivity index (χ4v) is 1.66. The van der Waals surface area contributed by atoms with E-state index in [1.165, 1.54) is 6.07 Å². The molecule has 0 heterocycles. The molecule has 1 unspecified atom stereocenters. The summed E-state index contributed by atoms with van der Waals surface area (Å²) in [5, 5.41) is 24.5. The van der Waals surface area contributed by atoms with E-state index in [4.69, 9.17) is 11.6 Å². The van der Waals surface area contributed by atoms with Crippen molar-refractivity contribution in [3.63, 3.8) is 0 Å². The number of hydrogen-bond acceptors (Lipinski definition) is 6. The smallest absolute Gasteiger partial charge is 0.299 e. The molecule has 1 rings (SSSR count). The van der Waals surface area contributed by atoms with Gasteiger partial charge in [0.15, 0.2) is 0 Å². The average molecular weight is 303 g/mol. The van der Waals surface area contributed by atoms with Crippen LogP contribution >= 0.6 is 11.6 Å². The second kappa shape index (κ2) is 6.49. The van der Waals surface area contributed by atoms with E-state index in [0.717, 1.165) is 6.07 Å². The molecule has 0 radical (unpaired) electrons. The molecule has 0 saturated carbocycles. The molecule has 0 saturated heterocycles. The molecule has 110 valence electrons. The van der Waals surface area contributed by atoms with Crippen LogP contribution in [0.1, 0.15) is 6.92 Å². The maximum absolute atomic E-state index is 11.0. The Kier molecular flexibility index (Phi) is 5.23. The van der Waals surface area contributed by atoms with Crippen LogP contribution in [0.2, 0.25) is 5.02 Å². The van der Waals surface area contributed by atoms with E-state index in [1.807, 2.05) is 25.9 Å². The van der Waals surface area contributed by atoms with Gasteiger partial charge < -0.3 is 10.2 Å². The molecule has 0 fully saturated rings. The maximum atomic E-state index is 11.0. The number of nitro benzene ring substituents is 2. The van der Waals surface area contributed by atoms with E-state index in [-0.39, 0.29) is 22.4 Å². The summed E-state index contributed by atoms with van der Waals surface area (Å²) in [6, 6.07) is 2.20. The molecule has 1 aromatic carbocycles. The minimum atomic E-state index is -0.748. The molecule has 0 aliphatic heterocycles. The Morgan fingerprint density at radius 3 is 2.25 bits per heavy atom. The Bertz CT molecular complexity index is 535. The molecule has 20 heavy (non-hydrogen) atoms. The van der Waals surface area contributed by atoms with Crippen LogP contribution in [0, 0.1) is 20.2 Å². The number of rotatable bonds is 6. The molecular formula is C11H15ClN4O4. The van der Waals surface area contributed by atoms with Gasteiger partial charge in [-0.1, -0.05) is 11.6 Å². The van der Waals surface area contributed by atoms with Gasteiger partial charge in [-0.15, -0.1) is 0 Å². The zero-order valence-electron chi connectivity index (χ0n) is 11.3. The third-order valence-corrected chi connectivity index (χ3v) is 3.23.